The zero-order valence-corrected chi connectivity index (χ0v) is 24.5. The van der Waals surface area contributed by atoms with Crippen LogP contribution >= 0.6 is 11.6 Å². The molecule has 2 N–H and O–H groups in total. The molecular formula is C33H37ClF3N3O2. The molecule has 3 unspecified atom stereocenters. The molecule has 2 aromatic carbocycles. The van der Waals surface area contributed by atoms with Crippen molar-refractivity contribution in [3.63, 3.8) is 0 Å². The minimum atomic E-state index is -4.49. The normalized spacial score (nSPS) is 25.6. The molecule has 0 bridgehead atoms. The molecular weight excluding hydrogens is 563 g/mol. The van der Waals surface area contributed by atoms with Crippen molar-refractivity contribution in [2.45, 2.75) is 62.6 Å². The quantitative estimate of drug-likeness (QED) is 0.321. The number of allylic oxidation sites excluding steroid dienone is 4. The van der Waals surface area contributed by atoms with E-state index < -0.39 is 29.5 Å². The van der Waals surface area contributed by atoms with Gasteiger partial charge in [-0.25, -0.2) is 0 Å². The Morgan fingerprint density at radius 1 is 1.02 bits per heavy atom. The number of rotatable bonds is 9. The lowest BCUT2D eigenvalue weighted by Crippen LogP contribution is -2.54. The maximum atomic E-state index is 13.9. The molecule has 42 heavy (non-hydrogen) atoms. The molecule has 2 aliphatic carbocycles. The lowest BCUT2D eigenvalue weighted by Gasteiger charge is -2.45. The molecule has 1 fully saturated rings. The maximum absolute atomic E-state index is 13.9. The summed E-state index contributed by atoms with van der Waals surface area (Å²) in [5.41, 5.74) is 0.625. The van der Waals surface area contributed by atoms with Crippen LogP contribution in [0.4, 0.5) is 13.2 Å². The van der Waals surface area contributed by atoms with Gasteiger partial charge in [0.15, 0.2) is 0 Å². The third kappa shape index (κ3) is 6.02. The van der Waals surface area contributed by atoms with Gasteiger partial charge in [-0.1, -0.05) is 73.5 Å². The summed E-state index contributed by atoms with van der Waals surface area (Å²) in [5, 5.41) is 5.96. The van der Waals surface area contributed by atoms with Crippen molar-refractivity contribution in [3.05, 3.63) is 94.5 Å². The Labute approximate surface area is 250 Å². The van der Waals surface area contributed by atoms with Gasteiger partial charge in [0.05, 0.1) is 5.41 Å². The number of benzene rings is 2. The van der Waals surface area contributed by atoms with Gasteiger partial charge in [0, 0.05) is 41.1 Å². The molecule has 9 heteroatoms. The van der Waals surface area contributed by atoms with Crippen LogP contribution in [-0.4, -0.2) is 55.1 Å². The molecule has 0 radical (unpaired) electrons. The molecule has 1 aliphatic heterocycles. The number of fused-ring (bicyclic) bond motifs is 3. The van der Waals surface area contributed by atoms with Crippen molar-refractivity contribution < 1.29 is 22.8 Å². The van der Waals surface area contributed by atoms with E-state index in [0.717, 1.165) is 50.0 Å². The van der Waals surface area contributed by atoms with E-state index in [9.17, 15) is 22.8 Å². The fraction of sp³-hybridized carbons (Fsp3) is 0.455. The number of unbranched alkanes of at least 4 members (excludes halogenated alkanes) is 1. The Hall–Kier alpha value is -3.10. The van der Waals surface area contributed by atoms with E-state index in [-0.39, 0.29) is 17.9 Å². The molecule has 5 nitrogen and oxygen atoms in total. The van der Waals surface area contributed by atoms with Gasteiger partial charge in [0.2, 0.25) is 5.91 Å². The number of hydrogen-bond acceptors (Lipinski definition) is 3. The highest BCUT2D eigenvalue weighted by atomic mass is 35.5. The van der Waals surface area contributed by atoms with Crippen molar-refractivity contribution in [1.29, 1.82) is 0 Å². The smallest absolute Gasteiger partial charge is 0.349 e. The van der Waals surface area contributed by atoms with E-state index in [4.69, 9.17) is 11.6 Å². The van der Waals surface area contributed by atoms with Crippen molar-refractivity contribution in [3.8, 4) is 0 Å². The number of halogens is 4. The minimum Gasteiger partial charge on any atom is -0.349 e. The third-order valence-corrected chi connectivity index (χ3v) is 9.57. The lowest BCUT2D eigenvalue weighted by molar-refractivity contribution is -0.144. The largest absolute Gasteiger partial charge is 0.405 e. The molecule has 0 spiro atoms. The Morgan fingerprint density at radius 3 is 2.45 bits per heavy atom. The summed E-state index contributed by atoms with van der Waals surface area (Å²) < 4.78 is 39.6. The molecule has 2 aromatic rings. The fourth-order valence-corrected chi connectivity index (χ4v) is 7.25. The van der Waals surface area contributed by atoms with Gasteiger partial charge >= 0.3 is 6.18 Å². The lowest BCUT2D eigenvalue weighted by atomic mass is 9.58. The standard InChI is InChI=1S/C33H37ClF3N3O2/c1-31-17-5-4-9-27(31)26-8-2-3-10-28(26)32(31,30(42)38-22-33(35,36)37)18-6-7-19-40-20-15-25(16-21-40)39-29(41)23-11-13-24(34)14-12-23/h2-5,8-14,17,25,27H,6-7,15-16,18-22H2,1H3,(H,38,42)(H,39,41). The summed E-state index contributed by atoms with van der Waals surface area (Å²) in [5.74, 6) is -0.749. The van der Waals surface area contributed by atoms with Gasteiger partial charge < -0.3 is 15.5 Å². The number of alkyl halides is 3. The molecule has 2 amide bonds. The number of amides is 2. The topological polar surface area (TPSA) is 61.4 Å². The molecule has 1 saturated heterocycles. The average molecular weight is 600 g/mol. The molecule has 1 heterocycles. The Kier molecular flexibility index (Phi) is 8.86. The van der Waals surface area contributed by atoms with Gasteiger partial charge in [0.25, 0.3) is 5.91 Å². The zero-order chi connectivity index (χ0) is 30.0. The number of carbonyl (C=O) groups is 2. The van der Waals surface area contributed by atoms with E-state index in [1.807, 2.05) is 49.4 Å². The van der Waals surface area contributed by atoms with Crippen LogP contribution in [0.15, 0.2) is 72.8 Å². The van der Waals surface area contributed by atoms with Crippen LogP contribution in [0.2, 0.25) is 5.02 Å². The van der Waals surface area contributed by atoms with E-state index in [2.05, 4.69) is 21.6 Å². The van der Waals surface area contributed by atoms with Gasteiger partial charge in [0.1, 0.15) is 6.54 Å². The molecule has 224 valence electrons. The highest BCUT2D eigenvalue weighted by Gasteiger charge is 2.62. The fourth-order valence-electron chi connectivity index (χ4n) is 7.13. The molecule has 3 aliphatic rings. The number of carbonyl (C=O) groups excluding carboxylic acids is 2. The van der Waals surface area contributed by atoms with Crippen molar-refractivity contribution in [1.82, 2.24) is 15.5 Å². The van der Waals surface area contributed by atoms with Crippen LogP contribution in [-0.2, 0) is 10.2 Å². The van der Waals surface area contributed by atoms with Crippen molar-refractivity contribution >= 4 is 23.4 Å². The summed E-state index contributed by atoms with van der Waals surface area (Å²) in [6, 6.07) is 14.6. The molecule has 0 saturated carbocycles. The maximum Gasteiger partial charge on any atom is 0.405 e. The number of nitrogens with one attached hydrogen (secondary N) is 2. The Morgan fingerprint density at radius 2 is 1.74 bits per heavy atom. The predicted molar refractivity (Wildman–Crippen MR) is 159 cm³/mol. The minimum absolute atomic E-state index is 0.0857. The first kappa shape index (κ1) is 30.4. The summed E-state index contributed by atoms with van der Waals surface area (Å²) in [6.45, 7) is 3.18. The highest BCUT2D eigenvalue weighted by molar-refractivity contribution is 6.30. The van der Waals surface area contributed by atoms with Crippen molar-refractivity contribution in [2.75, 3.05) is 26.2 Å². The van der Waals surface area contributed by atoms with Crippen LogP contribution in [0, 0.1) is 5.41 Å². The Balaban J connectivity index is 1.22. The third-order valence-electron chi connectivity index (χ3n) is 9.32. The Bertz CT molecular complexity index is 1350. The monoisotopic (exact) mass is 599 g/mol. The second-order valence-electron chi connectivity index (χ2n) is 11.8. The number of nitrogens with zero attached hydrogens (tertiary/aromatic N) is 1. The van der Waals surface area contributed by atoms with Gasteiger partial charge in [-0.3, -0.25) is 9.59 Å². The summed E-state index contributed by atoms with van der Waals surface area (Å²) >= 11 is 5.92. The number of hydrogen-bond donors (Lipinski definition) is 2. The first-order valence-corrected chi connectivity index (χ1v) is 15.0. The van der Waals surface area contributed by atoms with Crippen LogP contribution in [0.1, 0.15) is 66.4 Å². The van der Waals surface area contributed by atoms with Crippen LogP contribution in [0.3, 0.4) is 0 Å². The van der Waals surface area contributed by atoms with E-state index in [1.54, 1.807) is 24.3 Å². The predicted octanol–water partition coefficient (Wildman–Crippen LogP) is 6.55. The number of likely N-dealkylation sites (tertiary alicyclic amines) is 1. The first-order chi connectivity index (χ1) is 20.0. The van der Waals surface area contributed by atoms with Crippen LogP contribution in [0.5, 0.6) is 0 Å². The van der Waals surface area contributed by atoms with E-state index in [1.165, 1.54) is 0 Å². The molecule has 0 aromatic heterocycles. The van der Waals surface area contributed by atoms with Gasteiger partial charge in [-0.15, -0.1) is 0 Å². The first-order valence-electron chi connectivity index (χ1n) is 14.6. The SMILES string of the molecule is CC12C=CC=CC1c1ccccc1C2(CCCCN1CCC(NC(=O)c2ccc(Cl)cc2)CC1)C(=O)NCC(F)(F)F. The van der Waals surface area contributed by atoms with E-state index in [0.29, 0.717) is 23.4 Å². The molecule has 3 atom stereocenters. The second-order valence-corrected chi connectivity index (χ2v) is 12.3. The average Bonchev–Trinajstić information content (AvgIpc) is 3.20. The second kappa shape index (κ2) is 12.3. The van der Waals surface area contributed by atoms with Crippen LogP contribution < -0.4 is 10.6 Å². The van der Waals surface area contributed by atoms with Gasteiger partial charge in [-0.2, -0.15) is 13.2 Å². The van der Waals surface area contributed by atoms with Crippen molar-refractivity contribution in [2.24, 2.45) is 5.41 Å². The zero-order valence-electron chi connectivity index (χ0n) is 23.7. The van der Waals surface area contributed by atoms with Crippen LogP contribution in [0.25, 0.3) is 0 Å². The summed E-state index contributed by atoms with van der Waals surface area (Å²) in [7, 11) is 0. The number of piperidine rings is 1. The summed E-state index contributed by atoms with van der Waals surface area (Å²) in [4.78, 5) is 28.8. The van der Waals surface area contributed by atoms with E-state index >= 15 is 0 Å². The molecule has 5 rings (SSSR count). The van der Waals surface area contributed by atoms with Gasteiger partial charge in [-0.05, 0) is 67.6 Å². The highest BCUT2D eigenvalue weighted by Crippen LogP contribution is 2.63. The summed E-state index contributed by atoms with van der Waals surface area (Å²) in [6.07, 6.45) is 7.09.